The second-order valence-electron chi connectivity index (χ2n) is 7.87. The van der Waals surface area contributed by atoms with E-state index < -0.39 is 12.0 Å². The van der Waals surface area contributed by atoms with E-state index in [0.29, 0.717) is 24.4 Å². The Kier molecular flexibility index (Phi) is 3.89. The third-order valence-electron chi connectivity index (χ3n) is 5.85. The monoisotopic (exact) mass is 427 g/mol. The number of imidazole rings is 1. The van der Waals surface area contributed by atoms with Crippen LogP contribution in [0.5, 0.6) is 0 Å². The van der Waals surface area contributed by atoms with Crippen LogP contribution in [0.15, 0.2) is 36.8 Å². The van der Waals surface area contributed by atoms with Crippen LogP contribution in [0.25, 0.3) is 22.4 Å². The van der Waals surface area contributed by atoms with Crippen LogP contribution in [-0.4, -0.2) is 78.4 Å². The molecule has 0 amide bonds. The summed E-state index contributed by atoms with van der Waals surface area (Å²) in [5, 5.41) is 11.7. The maximum atomic E-state index is 14.6. The van der Waals surface area contributed by atoms with E-state index in [9.17, 15) is 8.78 Å². The van der Waals surface area contributed by atoms with Crippen LogP contribution >= 0.6 is 0 Å². The third-order valence-corrected chi connectivity index (χ3v) is 5.85. The zero-order valence-corrected chi connectivity index (χ0v) is 16.3. The number of halogens is 2. The van der Waals surface area contributed by atoms with E-state index >= 15 is 0 Å². The Labute approximate surface area is 174 Å². The summed E-state index contributed by atoms with van der Waals surface area (Å²) in [5.74, 6) is -2.67. The molecule has 0 aromatic carbocycles. The fraction of sp³-hybridized carbons (Fsp3) is 0.368. The summed E-state index contributed by atoms with van der Waals surface area (Å²) >= 11 is 0. The summed E-state index contributed by atoms with van der Waals surface area (Å²) in [6, 6.07) is 4.43. The van der Waals surface area contributed by atoms with Crippen LogP contribution < -0.4 is 11.1 Å². The molecule has 0 spiro atoms. The number of hydrogen-bond donors (Lipinski definition) is 2. The lowest BCUT2D eigenvalue weighted by atomic mass is 10.2. The second-order valence-corrected chi connectivity index (χ2v) is 7.87. The smallest absolute Gasteiger partial charge is 0.281 e. The summed E-state index contributed by atoms with van der Waals surface area (Å²) < 4.78 is 37.4. The highest BCUT2D eigenvalue weighted by Gasteiger charge is 2.51. The van der Waals surface area contributed by atoms with Crippen LogP contribution in [-0.2, 0) is 4.74 Å². The van der Waals surface area contributed by atoms with Crippen molar-refractivity contribution in [1.29, 1.82) is 0 Å². The molecule has 10 nitrogen and oxygen atoms in total. The Bertz CT molecular complexity index is 1280. The molecule has 6 rings (SSSR count). The zero-order chi connectivity index (χ0) is 21.2. The van der Waals surface area contributed by atoms with Gasteiger partial charge in [0, 0.05) is 30.7 Å². The number of fused-ring (bicyclic) bond motifs is 2. The van der Waals surface area contributed by atoms with Gasteiger partial charge < -0.3 is 15.8 Å². The van der Waals surface area contributed by atoms with Gasteiger partial charge in [-0.3, -0.25) is 4.90 Å². The van der Waals surface area contributed by atoms with Crippen molar-refractivity contribution in [2.45, 2.75) is 18.0 Å². The number of alkyl halides is 2. The first-order valence-corrected chi connectivity index (χ1v) is 9.90. The molecule has 4 aromatic heterocycles. The van der Waals surface area contributed by atoms with Crippen molar-refractivity contribution in [3.63, 3.8) is 0 Å². The number of likely N-dealkylation sites (tertiary alicyclic amines) is 1. The Balaban J connectivity index is 1.31. The number of ether oxygens (including phenoxy) is 1. The SMILES string of the molecule is Nc1nc(NC2CN(C3COC3)CC2(F)F)nn2ccc(-c3ccc4nccn4n3)c12. The molecule has 1 atom stereocenters. The van der Waals surface area contributed by atoms with Crippen LogP contribution in [0.1, 0.15) is 0 Å². The topological polar surface area (TPSA) is 111 Å². The molecular formula is C19H19F2N9O. The first kappa shape index (κ1) is 18.4. The Hall–Kier alpha value is -3.38. The number of aromatic nitrogens is 6. The summed E-state index contributed by atoms with van der Waals surface area (Å²) in [6.45, 7) is 0.854. The van der Waals surface area contributed by atoms with Crippen molar-refractivity contribution in [2.75, 3.05) is 37.4 Å². The van der Waals surface area contributed by atoms with E-state index in [-0.39, 0.29) is 30.9 Å². The standard InChI is InChI=1S/C19H19F2N9O/c20-19(21)10-28(11-8-31-9-11)7-14(19)24-18-25-17(22)16-12(3-5-30(16)27-18)13-1-2-15-23-4-6-29(15)26-13/h1-6,11,14H,7-10H2,(H3,22,24,25,27). The highest BCUT2D eigenvalue weighted by atomic mass is 19.3. The average molecular weight is 427 g/mol. The van der Waals surface area contributed by atoms with Gasteiger partial charge in [-0.05, 0) is 18.2 Å². The molecule has 160 valence electrons. The molecule has 0 saturated carbocycles. The van der Waals surface area contributed by atoms with Crippen LogP contribution in [0, 0.1) is 0 Å². The fourth-order valence-electron chi connectivity index (χ4n) is 4.11. The lowest BCUT2D eigenvalue weighted by molar-refractivity contribution is -0.0711. The van der Waals surface area contributed by atoms with Crippen LogP contribution in [0.2, 0.25) is 0 Å². The quantitative estimate of drug-likeness (QED) is 0.499. The van der Waals surface area contributed by atoms with Crippen molar-refractivity contribution in [3.05, 3.63) is 36.8 Å². The lowest BCUT2D eigenvalue weighted by Gasteiger charge is -2.34. The second kappa shape index (κ2) is 6.56. The molecule has 3 N–H and O–H groups in total. The number of nitrogens with one attached hydrogen (secondary N) is 1. The van der Waals surface area contributed by atoms with Crippen molar-refractivity contribution < 1.29 is 13.5 Å². The highest BCUT2D eigenvalue weighted by Crippen LogP contribution is 2.33. The van der Waals surface area contributed by atoms with E-state index in [1.165, 1.54) is 4.52 Å². The molecule has 0 aliphatic carbocycles. The Morgan fingerprint density at radius 3 is 2.81 bits per heavy atom. The molecule has 2 saturated heterocycles. The molecule has 0 bridgehead atoms. The predicted molar refractivity (Wildman–Crippen MR) is 108 cm³/mol. The van der Waals surface area contributed by atoms with Crippen molar-refractivity contribution in [3.8, 4) is 11.3 Å². The van der Waals surface area contributed by atoms with Gasteiger partial charge in [0.2, 0.25) is 5.95 Å². The number of hydrogen-bond acceptors (Lipinski definition) is 8. The van der Waals surface area contributed by atoms with E-state index in [4.69, 9.17) is 10.5 Å². The van der Waals surface area contributed by atoms with Gasteiger partial charge >= 0.3 is 0 Å². The van der Waals surface area contributed by atoms with Gasteiger partial charge in [0.05, 0.1) is 31.5 Å². The maximum Gasteiger partial charge on any atom is 0.281 e. The van der Waals surface area contributed by atoms with Gasteiger partial charge in [0.15, 0.2) is 11.5 Å². The number of nitrogen functional groups attached to an aromatic ring is 1. The van der Waals surface area contributed by atoms with Gasteiger partial charge in [-0.15, -0.1) is 5.10 Å². The largest absolute Gasteiger partial charge is 0.382 e. The molecule has 2 aliphatic heterocycles. The highest BCUT2D eigenvalue weighted by molar-refractivity contribution is 5.86. The van der Waals surface area contributed by atoms with E-state index in [1.807, 2.05) is 18.2 Å². The molecule has 1 unspecified atom stereocenters. The average Bonchev–Trinajstić information content (AvgIpc) is 3.37. The third kappa shape index (κ3) is 2.98. The van der Waals surface area contributed by atoms with E-state index in [0.717, 1.165) is 11.2 Å². The molecule has 2 aliphatic rings. The molecule has 31 heavy (non-hydrogen) atoms. The van der Waals surface area contributed by atoms with Gasteiger partial charge in [0.25, 0.3) is 5.92 Å². The first-order valence-electron chi connectivity index (χ1n) is 9.90. The van der Waals surface area contributed by atoms with Crippen molar-refractivity contribution in [2.24, 2.45) is 0 Å². The molecule has 4 aromatic rings. The first-order chi connectivity index (χ1) is 15.0. The van der Waals surface area contributed by atoms with Gasteiger partial charge in [-0.2, -0.15) is 10.1 Å². The van der Waals surface area contributed by atoms with Crippen LogP contribution in [0.3, 0.4) is 0 Å². The van der Waals surface area contributed by atoms with Gasteiger partial charge in [0.1, 0.15) is 11.6 Å². The summed E-state index contributed by atoms with van der Waals surface area (Å²) in [4.78, 5) is 10.2. The summed E-state index contributed by atoms with van der Waals surface area (Å²) in [6.07, 6.45) is 5.12. The summed E-state index contributed by atoms with van der Waals surface area (Å²) in [7, 11) is 0. The summed E-state index contributed by atoms with van der Waals surface area (Å²) in [5.41, 5.74) is 8.90. The van der Waals surface area contributed by atoms with E-state index in [2.05, 4.69) is 25.5 Å². The number of anilines is 2. The predicted octanol–water partition coefficient (Wildman–Crippen LogP) is 1.15. The minimum Gasteiger partial charge on any atom is -0.382 e. The molecule has 12 heteroatoms. The van der Waals surface area contributed by atoms with Gasteiger partial charge in [-0.25, -0.2) is 22.8 Å². The Morgan fingerprint density at radius 2 is 2.00 bits per heavy atom. The van der Waals surface area contributed by atoms with Crippen molar-refractivity contribution >= 4 is 22.9 Å². The number of nitrogens with two attached hydrogens (primary N) is 1. The zero-order valence-electron chi connectivity index (χ0n) is 16.3. The van der Waals surface area contributed by atoms with Crippen LogP contribution in [0.4, 0.5) is 20.5 Å². The molecule has 2 fully saturated rings. The minimum atomic E-state index is -2.91. The molecular weight excluding hydrogens is 408 g/mol. The lowest BCUT2D eigenvalue weighted by Crippen LogP contribution is -2.48. The molecule has 6 heterocycles. The fourth-order valence-corrected chi connectivity index (χ4v) is 4.11. The normalized spacial score (nSPS) is 21.7. The number of rotatable bonds is 4. The van der Waals surface area contributed by atoms with E-state index in [1.54, 1.807) is 28.0 Å². The minimum absolute atomic E-state index is 0.0403. The number of nitrogens with zero attached hydrogens (tertiary/aromatic N) is 7. The van der Waals surface area contributed by atoms with Crippen molar-refractivity contribution in [1.82, 2.24) is 34.1 Å². The van der Waals surface area contributed by atoms with Gasteiger partial charge in [-0.1, -0.05) is 0 Å². The molecule has 0 radical (unpaired) electrons. The Morgan fingerprint density at radius 1 is 1.13 bits per heavy atom. The maximum absolute atomic E-state index is 14.6.